The molecule has 640 valence electrons. The van der Waals surface area contributed by atoms with E-state index in [-0.39, 0.29) is 12.5 Å². The highest BCUT2D eigenvalue weighted by Gasteiger charge is 2.51. The number of carbonyl (C=O) groups is 1. The number of carbonyl (C=O) groups excluding carboxylic acids is 1. The summed E-state index contributed by atoms with van der Waals surface area (Å²) in [7, 11) is 0. The summed E-state index contributed by atoms with van der Waals surface area (Å²) in [5.74, 6) is -0.194. The van der Waals surface area contributed by atoms with Crippen LogP contribution in [-0.2, 0) is 23.7 Å². The molecule has 0 bridgehead atoms. The van der Waals surface area contributed by atoms with Gasteiger partial charge in [0.05, 0.1) is 32.0 Å². The van der Waals surface area contributed by atoms with Crippen LogP contribution in [0.1, 0.15) is 476 Å². The summed E-state index contributed by atoms with van der Waals surface area (Å²) >= 11 is 0. The molecule has 2 aliphatic heterocycles. The van der Waals surface area contributed by atoms with Crippen molar-refractivity contribution >= 4 is 5.91 Å². The second kappa shape index (κ2) is 78.0. The van der Waals surface area contributed by atoms with E-state index in [0.717, 1.165) is 57.8 Å². The first-order valence-electron chi connectivity index (χ1n) is 47.6. The second-order valence-electron chi connectivity index (χ2n) is 33.9. The number of unbranched alkanes of at least 4 members (excludes halogenated alkanes) is 66. The molecule has 9 N–H and O–H groups in total. The van der Waals surface area contributed by atoms with Crippen LogP contribution >= 0.6 is 0 Å². The fourth-order valence-corrected chi connectivity index (χ4v) is 16.2. The van der Waals surface area contributed by atoms with Gasteiger partial charge in [0.2, 0.25) is 5.91 Å². The van der Waals surface area contributed by atoms with Crippen molar-refractivity contribution in [2.75, 3.05) is 19.8 Å². The minimum atomic E-state index is -1.78. The van der Waals surface area contributed by atoms with Crippen molar-refractivity contribution in [3.05, 3.63) is 24.3 Å². The lowest BCUT2D eigenvalue weighted by atomic mass is 9.97. The number of rotatable bonds is 83. The topological polar surface area (TPSA) is 228 Å². The van der Waals surface area contributed by atoms with Crippen LogP contribution in [0.25, 0.3) is 0 Å². The van der Waals surface area contributed by atoms with E-state index in [1.165, 1.54) is 392 Å². The third-order valence-electron chi connectivity index (χ3n) is 23.7. The van der Waals surface area contributed by atoms with Gasteiger partial charge in [0.15, 0.2) is 12.6 Å². The standard InChI is InChI=1S/C94H181NO13/c1-3-5-7-9-11-13-15-17-19-21-23-25-27-29-31-33-35-37-38-39-40-41-42-43-44-46-48-50-52-54-56-58-60-62-64-66-68-70-72-74-76-78-86(99)95-82(81-105-93-91(104)89(102)92(85(80-97)107-93)108-94-90(103)88(101)87(100)84(79-96)106-94)83(98)77-75-73-71-69-67-65-63-61-59-57-55-53-51-49-47-45-36-34-32-30-28-26-24-22-20-18-16-14-12-10-8-6-4-2/h15,17,21,23,82-85,87-94,96-98,100-104H,3-14,16,18-20,22,24-81H2,1-2H3,(H,95,99)/b17-15-,23-21-. The molecule has 14 nitrogen and oxygen atoms in total. The lowest BCUT2D eigenvalue weighted by molar-refractivity contribution is -0.359. The van der Waals surface area contributed by atoms with Crippen LogP contribution in [0.5, 0.6) is 0 Å². The summed E-state index contributed by atoms with van der Waals surface area (Å²) < 4.78 is 23.1. The van der Waals surface area contributed by atoms with Gasteiger partial charge in [0.25, 0.3) is 0 Å². The molecule has 0 saturated carbocycles. The Morgan fingerprint density at radius 2 is 0.611 bits per heavy atom. The molecule has 1 amide bonds. The van der Waals surface area contributed by atoms with E-state index < -0.39 is 86.8 Å². The maximum Gasteiger partial charge on any atom is 0.220 e. The van der Waals surface area contributed by atoms with Crippen LogP contribution < -0.4 is 5.32 Å². The maximum atomic E-state index is 13.5. The van der Waals surface area contributed by atoms with Gasteiger partial charge in [0, 0.05) is 6.42 Å². The predicted molar refractivity (Wildman–Crippen MR) is 452 cm³/mol. The van der Waals surface area contributed by atoms with Gasteiger partial charge in [-0.05, 0) is 44.9 Å². The van der Waals surface area contributed by atoms with Crippen LogP contribution in [0.15, 0.2) is 24.3 Å². The Morgan fingerprint density at radius 3 is 0.926 bits per heavy atom. The van der Waals surface area contributed by atoms with E-state index in [4.69, 9.17) is 18.9 Å². The molecule has 0 aliphatic carbocycles. The van der Waals surface area contributed by atoms with Crippen molar-refractivity contribution in [2.24, 2.45) is 0 Å². The molecule has 12 atom stereocenters. The fraction of sp³-hybridized carbons (Fsp3) is 0.947. The smallest absolute Gasteiger partial charge is 0.220 e. The molecule has 108 heavy (non-hydrogen) atoms. The Morgan fingerprint density at radius 1 is 0.333 bits per heavy atom. The van der Waals surface area contributed by atoms with Gasteiger partial charge < -0.3 is 65.1 Å². The zero-order valence-electron chi connectivity index (χ0n) is 70.9. The average molecular weight is 1530 g/mol. The Bertz CT molecular complexity index is 1910. The molecule has 2 saturated heterocycles. The van der Waals surface area contributed by atoms with Gasteiger partial charge in [-0.2, -0.15) is 0 Å². The minimum absolute atomic E-state index is 0.194. The minimum Gasteiger partial charge on any atom is -0.394 e. The number of aliphatic hydroxyl groups is 8. The fourth-order valence-electron chi connectivity index (χ4n) is 16.2. The molecular weight excluding hydrogens is 1350 g/mol. The quantitative estimate of drug-likeness (QED) is 0.0204. The molecule has 0 radical (unpaired) electrons. The Hall–Kier alpha value is -1.53. The van der Waals surface area contributed by atoms with Crippen molar-refractivity contribution in [1.29, 1.82) is 0 Å². The number of hydrogen-bond acceptors (Lipinski definition) is 13. The first kappa shape index (κ1) is 103. The van der Waals surface area contributed by atoms with Gasteiger partial charge in [-0.15, -0.1) is 0 Å². The Kier molecular flexibility index (Phi) is 74.1. The molecule has 2 rings (SSSR count). The van der Waals surface area contributed by atoms with E-state index in [0.29, 0.717) is 12.8 Å². The second-order valence-corrected chi connectivity index (χ2v) is 33.9. The van der Waals surface area contributed by atoms with Crippen molar-refractivity contribution in [3.63, 3.8) is 0 Å². The van der Waals surface area contributed by atoms with Crippen LogP contribution in [0, 0.1) is 0 Å². The van der Waals surface area contributed by atoms with Crippen molar-refractivity contribution < 1.29 is 64.6 Å². The zero-order valence-corrected chi connectivity index (χ0v) is 70.9. The Balaban J connectivity index is 1.52. The maximum absolute atomic E-state index is 13.5. The molecule has 2 fully saturated rings. The molecule has 2 heterocycles. The highest BCUT2D eigenvalue weighted by molar-refractivity contribution is 5.76. The number of allylic oxidation sites excluding steroid dienone is 4. The molecule has 12 unspecified atom stereocenters. The van der Waals surface area contributed by atoms with Crippen LogP contribution in [0.2, 0.25) is 0 Å². The summed E-state index contributed by atoms with van der Waals surface area (Å²) in [6.45, 7) is 2.94. The zero-order chi connectivity index (χ0) is 77.9. The molecule has 0 aromatic heterocycles. The number of ether oxygens (including phenoxy) is 4. The van der Waals surface area contributed by atoms with E-state index >= 15 is 0 Å². The highest BCUT2D eigenvalue weighted by Crippen LogP contribution is 2.31. The van der Waals surface area contributed by atoms with Crippen LogP contribution in [0.4, 0.5) is 0 Å². The van der Waals surface area contributed by atoms with Crippen molar-refractivity contribution in [3.8, 4) is 0 Å². The number of aliphatic hydroxyl groups excluding tert-OH is 8. The van der Waals surface area contributed by atoms with Gasteiger partial charge in [-0.25, -0.2) is 0 Å². The predicted octanol–water partition coefficient (Wildman–Crippen LogP) is 23.7. The lowest BCUT2D eigenvalue weighted by Crippen LogP contribution is -2.65. The van der Waals surface area contributed by atoms with Crippen LogP contribution in [0.3, 0.4) is 0 Å². The molecule has 0 aromatic rings. The number of amides is 1. The van der Waals surface area contributed by atoms with Crippen molar-refractivity contribution in [1.82, 2.24) is 5.32 Å². The van der Waals surface area contributed by atoms with E-state index in [1.54, 1.807) is 0 Å². The van der Waals surface area contributed by atoms with Crippen LogP contribution in [-0.4, -0.2) is 140 Å². The Labute approximate surface area is 666 Å². The summed E-state index contributed by atoms with van der Waals surface area (Å²) in [6.07, 6.45) is 87.1. The summed E-state index contributed by atoms with van der Waals surface area (Å²) in [5.41, 5.74) is 0. The van der Waals surface area contributed by atoms with E-state index in [9.17, 15) is 45.6 Å². The van der Waals surface area contributed by atoms with E-state index in [2.05, 4.69) is 43.5 Å². The third kappa shape index (κ3) is 59.2. The SMILES string of the molecule is CCCCCCC/C=C\C/C=C\CCCCCCCCCCCCCCCCCCCCCCCCCCCCCCCC(=O)NC(COC1OC(CO)C(OC2OC(CO)C(O)C(O)C2O)C(O)C1O)C(O)CCCCCCCCCCCCCCCCCCCCCCCCCCCCCCCCCCC. The summed E-state index contributed by atoms with van der Waals surface area (Å²) in [5, 5.41) is 88.1. The summed E-state index contributed by atoms with van der Waals surface area (Å²) in [4.78, 5) is 13.5. The number of hydrogen-bond donors (Lipinski definition) is 9. The monoisotopic (exact) mass is 1530 g/mol. The largest absolute Gasteiger partial charge is 0.394 e. The summed E-state index contributed by atoms with van der Waals surface area (Å²) in [6, 6.07) is -0.828. The van der Waals surface area contributed by atoms with Crippen molar-refractivity contribution in [2.45, 2.75) is 550 Å². The average Bonchev–Trinajstić information content (AvgIpc) is 0.789. The van der Waals surface area contributed by atoms with Gasteiger partial charge in [0.1, 0.15) is 48.8 Å². The van der Waals surface area contributed by atoms with Gasteiger partial charge in [-0.1, -0.05) is 449 Å². The normalized spacial score (nSPS) is 21.1. The molecule has 14 heteroatoms. The molecule has 2 aliphatic rings. The third-order valence-corrected chi connectivity index (χ3v) is 23.7. The molecule has 0 spiro atoms. The van der Waals surface area contributed by atoms with Gasteiger partial charge >= 0.3 is 0 Å². The number of nitrogens with one attached hydrogen (secondary N) is 1. The first-order chi connectivity index (χ1) is 53.1. The van der Waals surface area contributed by atoms with E-state index in [1.807, 2.05) is 0 Å². The first-order valence-corrected chi connectivity index (χ1v) is 47.6. The molecule has 0 aromatic carbocycles. The highest BCUT2D eigenvalue weighted by atomic mass is 16.7. The lowest BCUT2D eigenvalue weighted by Gasteiger charge is -2.46. The van der Waals surface area contributed by atoms with Gasteiger partial charge in [-0.3, -0.25) is 4.79 Å². The molecular formula is C94H181NO13.